The molecule has 0 N–H and O–H groups in total. The highest BCUT2D eigenvalue weighted by molar-refractivity contribution is 5.88. The van der Waals surface area contributed by atoms with Gasteiger partial charge < -0.3 is 9.47 Å². The Bertz CT molecular complexity index is 709. The van der Waals surface area contributed by atoms with Crippen LogP contribution in [0.15, 0.2) is 41.4 Å². The summed E-state index contributed by atoms with van der Waals surface area (Å²) in [6.07, 6.45) is 1.53. The lowest BCUT2D eigenvalue weighted by molar-refractivity contribution is -0.385. The average Bonchev–Trinajstić information content (AvgIpc) is 2.53. The molecule has 0 radical (unpaired) electrons. The number of methoxy groups -OCH3 is 2. The van der Waals surface area contributed by atoms with Crippen molar-refractivity contribution in [2.75, 3.05) is 14.2 Å². The number of hydrogen-bond acceptors (Lipinski definition) is 5. The van der Waals surface area contributed by atoms with Crippen molar-refractivity contribution in [3.8, 4) is 11.5 Å². The molecule has 0 unspecified atom stereocenters. The summed E-state index contributed by atoms with van der Waals surface area (Å²) in [6.45, 7) is 1.99. The van der Waals surface area contributed by atoms with E-state index < -0.39 is 4.92 Å². The summed E-state index contributed by atoms with van der Waals surface area (Å²) in [5, 5.41) is 11.0. The molecular formula is C16H16N2O4. The van der Waals surface area contributed by atoms with E-state index in [2.05, 4.69) is 4.99 Å². The van der Waals surface area contributed by atoms with Gasteiger partial charge >= 0.3 is 0 Å². The van der Waals surface area contributed by atoms with Gasteiger partial charge in [-0.05, 0) is 19.1 Å². The summed E-state index contributed by atoms with van der Waals surface area (Å²) in [5.41, 5.74) is 2.28. The van der Waals surface area contributed by atoms with Crippen LogP contribution in [0.3, 0.4) is 0 Å². The van der Waals surface area contributed by atoms with Crippen LogP contribution in [-0.2, 0) is 0 Å². The van der Waals surface area contributed by atoms with Crippen LogP contribution in [0.1, 0.15) is 11.1 Å². The lowest BCUT2D eigenvalue weighted by Gasteiger charge is -2.10. The third-order valence-electron chi connectivity index (χ3n) is 3.09. The zero-order chi connectivity index (χ0) is 16.1. The Morgan fingerprint density at radius 2 is 1.82 bits per heavy atom. The number of rotatable bonds is 5. The van der Waals surface area contributed by atoms with E-state index >= 15 is 0 Å². The molecule has 0 aromatic heterocycles. The van der Waals surface area contributed by atoms with E-state index in [1.165, 1.54) is 32.6 Å². The molecule has 0 bridgehead atoms. The molecule has 0 saturated heterocycles. The third kappa shape index (κ3) is 3.41. The summed E-state index contributed by atoms with van der Waals surface area (Å²) >= 11 is 0. The first-order valence-corrected chi connectivity index (χ1v) is 6.56. The van der Waals surface area contributed by atoms with Crippen molar-refractivity contribution >= 4 is 17.6 Å². The van der Waals surface area contributed by atoms with Gasteiger partial charge in [0.15, 0.2) is 11.5 Å². The highest BCUT2D eigenvalue weighted by Crippen LogP contribution is 2.34. The van der Waals surface area contributed by atoms with Crippen molar-refractivity contribution in [1.29, 1.82) is 0 Å². The normalized spacial score (nSPS) is 10.7. The molecule has 2 rings (SSSR count). The molecule has 0 spiro atoms. The van der Waals surface area contributed by atoms with Crippen LogP contribution in [0.4, 0.5) is 11.4 Å². The molecule has 22 heavy (non-hydrogen) atoms. The summed E-state index contributed by atoms with van der Waals surface area (Å²) in [7, 11) is 2.91. The molecule has 0 aliphatic carbocycles. The number of ether oxygens (including phenoxy) is 2. The van der Waals surface area contributed by atoms with Gasteiger partial charge in [-0.2, -0.15) is 0 Å². The van der Waals surface area contributed by atoms with Gasteiger partial charge in [0.25, 0.3) is 5.69 Å². The lowest BCUT2D eigenvalue weighted by Crippen LogP contribution is -1.98. The van der Waals surface area contributed by atoms with Gasteiger partial charge in [-0.25, -0.2) is 0 Å². The van der Waals surface area contributed by atoms with Crippen LogP contribution in [0, 0.1) is 17.0 Å². The molecule has 2 aromatic carbocycles. The summed E-state index contributed by atoms with van der Waals surface area (Å²) in [5.74, 6) is 0.700. The van der Waals surface area contributed by atoms with E-state index in [1.54, 1.807) is 0 Å². The van der Waals surface area contributed by atoms with Crippen LogP contribution < -0.4 is 9.47 Å². The molecule has 0 fully saturated rings. The number of nitro groups is 1. The van der Waals surface area contributed by atoms with E-state index in [4.69, 9.17) is 9.47 Å². The monoisotopic (exact) mass is 300 g/mol. The summed E-state index contributed by atoms with van der Waals surface area (Å²) < 4.78 is 10.4. The fourth-order valence-corrected chi connectivity index (χ4v) is 1.95. The Labute approximate surface area is 128 Å². The van der Waals surface area contributed by atoms with E-state index in [0.29, 0.717) is 17.1 Å². The molecule has 0 aliphatic rings. The molecule has 6 nitrogen and oxygen atoms in total. The van der Waals surface area contributed by atoms with E-state index in [-0.39, 0.29) is 5.69 Å². The predicted molar refractivity (Wildman–Crippen MR) is 84.6 cm³/mol. The van der Waals surface area contributed by atoms with Gasteiger partial charge in [0, 0.05) is 17.8 Å². The molecule has 0 heterocycles. The number of benzene rings is 2. The number of non-ortho nitro benzene ring substituents is 1. The van der Waals surface area contributed by atoms with Crippen LogP contribution in [0.5, 0.6) is 11.5 Å². The van der Waals surface area contributed by atoms with Gasteiger partial charge in [0.2, 0.25) is 0 Å². The van der Waals surface area contributed by atoms with Crippen LogP contribution >= 0.6 is 0 Å². The molecule has 0 aliphatic heterocycles. The Balaban J connectivity index is 2.45. The van der Waals surface area contributed by atoms with Crippen LogP contribution in [0.25, 0.3) is 0 Å². The maximum absolute atomic E-state index is 11.0. The van der Waals surface area contributed by atoms with Crippen molar-refractivity contribution in [1.82, 2.24) is 0 Å². The minimum absolute atomic E-state index is 0.0805. The Morgan fingerprint density at radius 1 is 1.14 bits per heavy atom. The quantitative estimate of drug-likeness (QED) is 0.479. The summed E-state index contributed by atoms with van der Waals surface area (Å²) in [4.78, 5) is 14.8. The Hall–Kier alpha value is -2.89. The molecule has 2 aromatic rings. The predicted octanol–water partition coefficient (Wildman–Crippen LogP) is 3.67. The Kier molecular flexibility index (Phi) is 4.73. The second-order valence-electron chi connectivity index (χ2n) is 4.62. The standard InChI is InChI=1S/C16H16N2O4/c1-11-4-6-13(7-5-11)17-10-12-8-14(18(19)20)9-15(21-2)16(12)22-3/h4-10H,1-3H3. The third-order valence-corrected chi connectivity index (χ3v) is 3.09. The first-order chi connectivity index (χ1) is 10.5. The largest absolute Gasteiger partial charge is 0.493 e. The fourth-order valence-electron chi connectivity index (χ4n) is 1.95. The minimum atomic E-state index is -0.481. The van der Waals surface area contributed by atoms with Gasteiger partial charge in [-0.15, -0.1) is 0 Å². The van der Waals surface area contributed by atoms with Gasteiger partial charge in [-0.3, -0.25) is 15.1 Å². The topological polar surface area (TPSA) is 74.0 Å². The van der Waals surface area contributed by atoms with Crippen molar-refractivity contribution < 1.29 is 14.4 Å². The average molecular weight is 300 g/mol. The number of hydrogen-bond donors (Lipinski definition) is 0. The van der Waals surface area contributed by atoms with Crippen molar-refractivity contribution in [2.24, 2.45) is 4.99 Å². The molecular weight excluding hydrogens is 284 g/mol. The first kappa shape index (κ1) is 15.5. The van der Waals surface area contributed by atoms with E-state index in [9.17, 15) is 10.1 Å². The van der Waals surface area contributed by atoms with Crippen molar-refractivity contribution in [3.63, 3.8) is 0 Å². The van der Waals surface area contributed by atoms with Crippen LogP contribution in [-0.4, -0.2) is 25.4 Å². The molecule has 6 heteroatoms. The SMILES string of the molecule is COc1cc([N+](=O)[O-])cc(C=Nc2ccc(C)cc2)c1OC. The second-order valence-corrected chi connectivity index (χ2v) is 4.62. The zero-order valence-electron chi connectivity index (χ0n) is 12.6. The fraction of sp³-hybridized carbons (Fsp3) is 0.188. The Morgan fingerprint density at radius 3 is 2.36 bits per heavy atom. The maximum Gasteiger partial charge on any atom is 0.274 e. The number of aryl methyl sites for hydroxylation is 1. The van der Waals surface area contributed by atoms with E-state index in [0.717, 1.165) is 11.3 Å². The number of nitrogens with zero attached hydrogens (tertiary/aromatic N) is 2. The minimum Gasteiger partial charge on any atom is -0.493 e. The van der Waals surface area contributed by atoms with Crippen molar-refractivity contribution in [3.05, 3.63) is 57.6 Å². The smallest absolute Gasteiger partial charge is 0.274 e. The molecule has 0 atom stereocenters. The lowest BCUT2D eigenvalue weighted by atomic mass is 10.1. The number of aliphatic imine (C=N–C) groups is 1. The van der Waals surface area contributed by atoms with Gasteiger partial charge in [0.05, 0.1) is 30.9 Å². The van der Waals surface area contributed by atoms with Gasteiger partial charge in [-0.1, -0.05) is 17.7 Å². The first-order valence-electron chi connectivity index (χ1n) is 6.56. The second kappa shape index (κ2) is 6.71. The molecule has 0 saturated carbocycles. The maximum atomic E-state index is 11.0. The summed E-state index contributed by atoms with van der Waals surface area (Å²) in [6, 6.07) is 10.3. The highest BCUT2D eigenvalue weighted by atomic mass is 16.6. The van der Waals surface area contributed by atoms with Gasteiger partial charge in [0.1, 0.15) is 0 Å². The zero-order valence-corrected chi connectivity index (χ0v) is 12.6. The number of nitro benzene ring substituents is 1. The van der Waals surface area contributed by atoms with Crippen molar-refractivity contribution in [2.45, 2.75) is 6.92 Å². The van der Waals surface area contributed by atoms with Crippen LogP contribution in [0.2, 0.25) is 0 Å². The van der Waals surface area contributed by atoms with E-state index in [1.807, 2.05) is 31.2 Å². The molecule has 114 valence electrons. The highest BCUT2D eigenvalue weighted by Gasteiger charge is 2.16. The molecule has 0 amide bonds.